The van der Waals surface area contributed by atoms with Crippen molar-refractivity contribution < 1.29 is 22.7 Å². The minimum atomic E-state index is -3.18. The number of carbonyl (C=O) groups is 1. The van der Waals surface area contributed by atoms with Crippen molar-refractivity contribution in [2.24, 2.45) is 40.9 Å². The van der Waals surface area contributed by atoms with Gasteiger partial charge in [0.2, 0.25) is 10.0 Å². The molecule has 1 aromatic rings. The van der Waals surface area contributed by atoms with Gasteiger partial charge in [-0.2, -0.15) is 0 Å². The number of hydrogen-bond donors (Lipinski definition) is 1. The summed E-state index contributed by atoms with van der Waals surface area (Å²) in [5, 5.41) is 0. The number of piperidine rings is 1. The Hall–Kier alpha value is -1.90. The summed E-state index contributed by atoms with van der Waals surface area (Å²) in [6.07, 6.45) is 12.1. The summed E-state index contributed by atoms with van der Waals surface area (Å²) in [5.41, 5.74) is 4.31. The third kappa shape index (κ3) is 5.69. The number of nitrogens with zero attached hydrogens (tertiary/aromatic N) is 1. The Bertz CT molecular complexity index is 1430. The van der Waals surface area contributed by atoms with E-state index in [0.29, 0.717) is 41.6 Å². The Labute approximate surface area is 270 Å². The van der Waals surface area contributed by atoms with E-state index in [1.54, 1.807) is 5.57 Å². The van der Waals surface area contributed by atoms with E-state index in [1.807, 2.05) is 35.2 Å². The number of hydrogen-bond acceptors (Lipinski definition) is 5. The van der Waals surface area contributed by atoms with E-state index in [2.05, 4.69) is 32.4 Å². The molecule has 8 heteroatoms. The largest absolute Gasteiger partial charge is 0.445 e. The van der Waals surface area contributed by atoms with Gasteiger partial charge in [0.15, 0.2) is 0 Å². The first-order valence-electron chi connectivity index (χ1n) is 17.7. The lowest BCUT2D eigenvalue weighted by molar-refractivity contribution is -0.0802. The zero-order valence-electron chi connectivity index (χ0n) is 28.0. The maximum absolute atomic E-state index is 13.6. The highest BCUT2D eigenvalue weighted by Crippen LogP contribution is 2.65. The minimum absolute atomic E-state index is 0.0537. The van der Waals surface area contributed by atoms with Crippen LogP contribution in [0.5, 0.6) is 0 Å². The Balaban J connectivity index is 1.08. The van der Waals surface area contributed by atoms with Crippen LogP contribution in [0.2, 0.25) is 0 Å². The first-order valence-corrected chi connectivity index (χ1v) is 19.6. The molecule has 0 bridgehead atoms. The molecule has 0 aromatic heterocycles. The van der Waals surface area contributed by atoms with Crippen molar-refractivity contribution in [3.8, 4) is 0 Å². The van der Waals surface area contributed by atoms with Crippen LogP contribution >= 0.6 is 0 Å². The highest BCUT2D eigenvalue weighted by atomic mass is 32.2. The van der Waals surface area contributed by atoms with E-state index in [0.717, 1.165) is 50.6 Å². The molecule has 248 valence electrons. The quantitative estimate of drug-likeness (QED) is 0.357. The van der Waals surface area contributed by atoms with Crippen LogP contribution < -0.4 is 4.72 Å². The molecule has 6 aliphatic rings. The van der Waals surface area contributed by atoms with Gasteiger partial charge in [-0.1, -0.05) is 62.2 Å². The average Bonchev–Trinajstić information content (AvgIpc) is 3.45. The smallest absolute Gasteiger partial charge is 0.410 e. The third-order valence-electron chi connectivity index (χ3n) is 13.6. The molecule has 2 saturated heterocycles. The summed E-state index contributed by atoms with van der Waals surface area (Å²) >= 11 is 0. The number of nitrogens with one attached hydrogen (secondary N) is 1. The lowest BCUT2D eigenvalue weighted by Crippen LogP contribution is -2.54. The molecule has 45 heavy (non-hydrogen) atoms. The molecule has 7 nitrogen and oxygen atoms in total. The van der Waals surface area contributed by atoms with Crippen molar-refractivity contribution in [1.29, 1.82) is 0 Å². The van der Waals surface area contributed by atoms with Gasteiger partial charge in [0.25, 0.3) is 0 Å². The zero-order valence-corrected chi connectivity index (χ0v) is 28.8. The second kappa shape index (κ2) is 11.7. The maximum Gasteiger partial charge on any atom is 0.410 e. The van der Waals surface area contributed by atoms with Gasteiger partial charge in [-0.25, -0.2) is 17.9 Å². The second-order valence-corrected chi connectivity index (χ2v) is 18.1. The number of allylic oxidation sites excluding steroid dienone is 1. The fraction of sp³-hybridized carbons (Fsp3) is 0.757. The first kappa shape index (κ1) is 31.7. The van der Waals surface area contributed by atoms with Crippen molar-refractivity contribution in [3.63, 3.8) is 0 Å². The molecule has 11 atom stereocenters. The topological polar surface area (TPSA) is 84.9 Å². The molecule has 1 spiro atoms. The summed E-state index contributed by atoms with van der Waals surface area (Å²) in [6.45, 7) is 10.5. The van der Waals surface area contributed by atoms with Gasteiger partial charge in [0.05, 0.1) is 24.0 Å². The van der Waals surface area contributed by atoms with Gasteiger partial charge in [0.1, 0.15) is 6.61 Å². The van der Waals surface area contributed by atoms with Crippen LogP contribution in [0.4, 0.5) is 4.79 Å². The number of sulfonamides is 1. The van der Waals surface area contributed by atoms with Crippen molar-refractivity contribution in [3.05, 3.63) is 47.0 Å². The summed E-state index contributed by atoms with van der Waals surface area (Å²) < 4.78 is 39.9. The molecule has 7 rings (SSSR count). The summed E-state index contributed by atoms with van der Waals surface area (Å²) in [7, 11) is -3.18. The van der Waals surface area contributed by atoms with Crippen LogP contribution in [0.1, 0.15) is 97.5 Å². The second-order valence-electron chi connectivity index (χ2n) is 16.3. The maximum atomic E-state index is 13.6. The van der Waals surface area contributed by atoms with Gasteiger partial charge in [-0.15, -0.1) is 0 Å². The van der Waals surface area contributed by atoms with E-state index in [4.69, 9.17) is 9.47 Å². The predicted molar refractivity (Wildman–Crippen MR) is 176 cm³/mol. The van der Waals surface area contributed by atoms with Crippen molar-refractivity contribution >= 4 is 16.1 Å². The molecule has 3 saturated carbocycles. The van der Waals surface area contributed by atoms with E-state index >= 15 is 0 Å². The van der Waals surface area contributed by atoms with Crippen LogP contribution in [0.3, 0.4) is 0 Å². The third-order valence-corrected chi connectivity index (χ3v) is 14.3. The monoisotopic (exact) mass is 638 g/mol. The molecule has 1 N–H and O–H groups in total. The van der Waals surface area contributed by atoms with Crippen molar-refractivity contribution in [2.75, 3.05) is 12.8 Å². The predicted octanol–water partition coefficient (Wildman–Crippen LogP) is 7.08. The van der Waals surface area contributed by atoms with Gasteiger partial charge in [0, 0.05) is 18.5 Å². The number of ether oxygens (including phenoxy) is 2. The van der Waals surface area contributed by atoms with Crippen molar-refractivity contribution in [2.45, 2.75) is 122 Å². The summed E-state index contributed by atoms with van der Waals surface area (Å²) in [5.74, 6) is 3.26. The number of fused-ring (bicyclic) bond motifs is 6. The van der Waals surface area contributed by atoms with Crippen LogP contribution in [0.25, 0.3) is 0 Å². The molecular formula is C37H54N2O5S. The number of amides is 1. The molecule has 1 unspecified atom stereocenters. The van der Waals surface area contributed by atoms with Gasteiger partial charge < -0.3 is 14.4 Å². The van der Waals surface area contributed by atoms with Crippen molar-refractivity contribution in [1.82, 2.24) is 9.62 Å². The Morgan fingerprint density at radius 1 is 1.09 bits per heavy atom. The Morgan fingerprint density at radius 2 is 1.87 bits per heavy atom. The molecule has 0 radical (unpaired) electrons. The molecule has 2 aliphatic heterocycles. The molecule has 1 aromatic carbocycles. The number of benzene rings is 1. The van der Waals surface area contributed by atoms with Crippen LogP contribution in [-0.4, -0.2) is 56.0 Å². The molecular weight excluding hydrogens is 584 g/mol. The normalized spacial score (nSPS) is 42.9. The van der Waals surface area contributed by atoms with Gasteiger partial charge in [-0.3, -0.25) is 0 Å². The highest BCUT2D eigenvalue weighted by molar-refractivity contribution is 7.88. The molecule has 1 amide bonds. The van der Waals surface area contributed by atoms with Gasteiger partial charge >= 0.3 is 6.09 Å². The minimum Gasteiger partial charge on any atom is -0.445 e. The van der Waals surface area contributed by atoms with E-state index in [-0.39, 0.29) is 35.8 Å². The Morgan fingerprint density at radius 3 is 2.62 bits per heavy atom. The number of likely N-dealkylation sites (tertiary alicyclic amines) is 1. The van der Waals surface area contributed by atoms with Crippen LogP contribution in [0.15, 0.2) is 41.5 Å². The lowest BCUT2D eigenvalue weighted by Gasteiger charge is -2.54. The standard InChI is InChI=1S/C37H54N2O5S/c1-23-17-33-34(39(21-23)35(40)43-22-26-9-7-6-8-10-26)25(3)37(44-33)16-14-29-30-12-11-27-18-28(38-45(5,41)42)13-15-36(27,4)32(30)19-31(29)24(2)20-37/h6-10,23,25,27-30,32-34,38H,11-22H2,1-5H3/t23-,25+,27+,28+,29-,30-,32-,33+,34?,36-,37-/m0/s1. The van der Waals surface area contributed by atoms with Gasteiger partial charge in [-0.05, 0) is 112 Å². The molecule has 5 fully saturated rings. The number of carbonyl (C=O) groups excluding carboxylic acids is 1. The highest BCUT2D eigenvalue weighted by Gasteiger charge is 2.61. The van der Waals surface area contributed by atoms with E-state index in [1.165, 1.54) is 37.5 Å². The summed E-state index contributed by atoms with van der Waals surface area (Å²) in [4.78, 5) is 15.6. The first-order chi connectivity index (χ1) is 21.4. The number of rotatable bonds is 4. The fourth-order valence-electron chi connectivity index (χ4n) is 11.5. The van der Waals surface area contributed by atoms with Crippen LogP contribution in [0, 0.1) is 40.9 Å². The molecule has 4 aliphatic carbocycles. The molecule has 2 heterocycles. The summed E-state index contributed by atoms with van der Waals surface area (Å²) in [6, 6.07) is 10.1. The SMILES string of the molecule is CC1=C2C[C@H]3[C@@H](CC[C@@H]4C[C@H](NS(C)(=O)=O)CC[C@@]43C)[C@@H]2CC[C@@]2(C1)O[C@@H]1C[C@H](C)CN(C(=O)OCc3ccccc3)C1[C@H]2C. The fourth-order valence-corrected chi connectivity index (χ4v) is 12.3. The van der Waals surface area contributed by atoms with Crippen LogP contribution in [-0.2, 0) is 26.1 Å². The van der Waals surface area contributed by atoms with E-state index in [9.17, 15) is 13.2 Å². The lowest BCUT2D eigenvalue weighted by atomic mass is 9.52. The Kier molecular flexibility index (Phi) is 8.21. The average molecular weight is 639 g/mol. The zero-order chi connectivity index (χ0) is 31.7. The van der Waals surface area contributed by atoms with E-state index < -0.39 is 10.0 Å².